The number of carboxylic acids is 1. The summed E-state index contributed by atoms with van der Waals surface area (Å²) in [4.78, 5) is 9.60. The molecule has 0 bridgehead atoms. The first-order valence-electron chi connectivity index (χ1n) is 10.3. The second-order valence-corrected chi connectivity index (χ2v) is 6.17. The van der Waals surface area contributed by atoms with Crippen LogP contribution >= 0.6 is 0 Å². The smallest absolute Gasteiger partial charge is 0.330 e. The van der Waals surface area contributed by atoms with Crippen molar-refractivity contribution in [1.29, 1.82) is 0 Å². The summed E-state index contributed by atoms with van der Waals surface area (Å²) in [6, 6.07) is 9.18. The van der Waals surface area contributed by atoms with Crippen molar-refractivity contribution in [2.75, 3.05) is 72.7 Å². The van der Waals surface area contributed by atoms with E-state index in [0.29, 0.717) is 65.2 Å². The Balaban J connectivity index is 0.00000140. The summed E-state index contributed by atoms with van der Waals surface area (Å²) >= 11 is 0. The fourth-order valence-electron chi connectivity index (χ4n) is 1.84. The van der Waals surface area contributed by atoms with Crippen LogP contribution < -0.4 is 4.74 Å². The number of hydrogen-bond acceptors (Lipinski definition) is 9. The van der Waals surface area contributed by atoms with Crippen molar-refractivity contribution in [3.8, 4) is 5.75 Å². The van der Waals surface area contributed by atoms with Gasteiger partial charge >= 0.3 is 5.97 Å². The van der Waals surface area contributed by atoms with Gasteiger partial charge in [-0.15, -0.1) is 0 Å². The number of rotatable bonds is 19. The lowest BCUT2D eigenvalue weighted by atomic mass is 10.3. The number of carbonyl (C=O) groups is 1. The lowest BCUT2D eigenvalue weighted by Crippen LogP contribution is -2.26. The van der Waals surface area contributed by atoms with Gasteiger partial charge in [0.1, 0.15) is 12.4 Å². The van der Waals surface area contributed by atoms with Crippen molar-refractivity contribution < 1.29 is 48.5 Å². The molecule has 0 fully saturated rings. The monoisotopic (exact) mass is 460 g/mol. The first-order chi connectivity index (χ1) is 15.5. The molecule has 0 spiro atoms. The zero-order chi connectivity index (χ0) is 23.9. The highest BCUT2D eigenvalue weighted by Gasteiger charge is 2.08. The van der Waals surface area contributed by atoms with E-state index in [1.165, 1.54) is 6.92 Å². The molecule has 1 rings (SSSR count). The van der Waals surface area contributed by atoms with E-state index in [-0.39, 0.29) is 18.8 Å². The van der Waals surface area contributed by atoms with Gasteiger partial charge in [-0.1, -0.05) is 24.8 Å². The molecule has 0 aliphatic heterocycles. The van der Waals surface area contributed by atoms with Gasteiger partial charge in [0.05, 0.1) is 66.1 Å². The fourth-order valence-corrected chi connectivity index (χ4v) is 1.84. The SMILES string of the molecule is C=C(C)C(=O)O.OCCOCCOCCOCCOCCOC(CO)Oc1ccccc1. The van der Waals surface area contributed by atoms with Crippen molar-refractivity contribution in [2.24, 2.45) is 0 Å². The predicted molar refractivity (Wildman–Crippen MR) is 117 cm³/mol. The van der Waals surface area contributed by atoms with Gasteiger partial charge in [0, 0.05) is 5.57 Å². The molecular formula is C22H36O10. The third kappa shape index (κ3) is 19.9. The van der Waals surface area contributed by atoms with E-state index >= 15 is 0 Å². The quantitative estimate of drug-likeness (QED) is 0.157. The Kier molecular flexibility index (Phi) is 20.7. The summed E-state index contributed by atoms with van der Waals surface area (Å²) in [6.07, 6.45) is -0.712. The summed E-state index contributed by atoms with van der Waals surface area (Å²) in [5.74, 6) is -0.293. The molecule has 0 saturated carbocycles. The second-order valence-electron chi connectivity index (χ2n) is 6.17. The predicted octanol–water partition coefficient (Wildman–Crippen LogP) is 1.11. The molecule has 1 aromatic rings. The number of aliphatic hydroxyl groups excluding tert-OH is 2. The van der Waals surface area contributed by atoms with Gasteiger partial charge in [-0.05, 0) is 19.1 Å². The van der Waals surface area contributed by atoms with E-state index in [0.717, 1.165) is 0 Å². The van der Waals surface area contributed by atoms with E-state index in [1.807, 2.05) is 18.2 Å². The van der Waals surface area contributed by atoms with Crippen molar-refractivity contribution in [3.63, 3.8) is 0 Å². The summed E-state index contributed by atoms with van der Waals surface area (Å²) in [6.45, 7) is 8.26. The highest BCUT2D eigenvalue weighted by Crippen LogP contribution is 2.11. The Hall–Kier alpha value is -2.05. The summed E-state index contributed by atoms with van der Waals surface area (Å²) in [5, 5.41) is 25.7. The van der Waals surface area contributed by atoms with Crippen molar-refractivity contribution in [2.45, 2.75) is 13.2 Å². The number of para-hydroxylation sites is 1. The largest absolute Gasteiger partial charge is 0.478 e. The molecule has 0 aliphatic rings. The van der Waals surface area contributed by atoms with E-state index in [2.05, 4.69) is 6.58 Å². The van der Waals surface area contributed by atoms with Crippen LogP contribution in [-0.2, 0) is 28.5 Å². The fraction of sp³-hybridized carbons (Fsp3) is 0.591. The first-order valence-corrected chi connectivity index (χ1v) is 10.3. The van der Waals surface area contributed by atoms with Gasteiger partial charge in [-0.25, -0.2) is 4.79 Å². The topological polar surface area (TPSA) is 133 Å². The first kappa shape index (κ1) is 29.9. The molecule has 0 heterocycles. The Morgan fingerprint density at radius 1 is 0.844 bits per heavy atom. The lowest BCUT2D eigenvalue weighted by molar-refractivity contribution is -0.132. The average molecular weight is 461 g/mol. The zero-order valence-corrected chi connectivity index (χ0v) is 18.6. The minimum Gasteiger partial charge on any atom is -0.478 e. The Morgan fingerprint density at radius 3 is 1.69 bits per heavy atom. The lowest BCUT2D eigenvalue weighted by Gasteiger charge is -2.17. The summed E-state index contributed by atoms with van der Waals surface area (Å²) in [5.41, 5.74) is 0.176. The third-order valence-corrected chi connectivity index (χ3v) is 3.41. The van der Waals surface area contributed by atoms with E-state index < -0.39 is 12.3 Å². The maximum atomic E-state index is 9.60. The molecule has 1 atom stereocenters. The van der Waals surface area contributed by atoms with Crippen LogP contribution in [0.2, 0.25) is 0 Å². The van der Waals surface area contributed by atoms with Crippen LogP contribution in [0, 0.1) is 0 Å². The van der Waals surface area contributed by atoms with Crippen LogP contribution in [0.5, 0.6) is 5.75 Å². The molecular weight excluding hydrogens is 424 g/mol. The maximum Gasteiger partial charge on any atom is 0.330 e. The zero-order valence-electron chi connectivity index (χ0n) is 18.6. The number of benzene rings is 1. The highest BCUT2D eigenvalue weighted by atomic mass is 16.7. The average Bonchev–Trinajstić information content (AvgIpc) is 2.79. The minimum atomic E-state index is -0.935. The van der Waals surface area contributed by atoms with E-state index in [4.69, 9.17) is 38.6 Å². The molecule has 10 heteroatoms. The minimum absolute atomic E-state index is 0.0227. The standard InChI is InChI=1S/C18H30O8.C4H6O2/c19-6-7-21-8-9-22-10-11-23-12-13-24-14-15-25-18(16-20)26-17-4-2-1-3-5-17;1-3(2)4(5)6/h1-5,18-20H,6-16H2;1H2,2H3,(H,5,6). The normalized spacial score (nSPS) is 11.3. The summed E-state index contributed by atoms with van der Waals surface area (Å²) < 4.78 is 32.0. The number of carboxylic acid groups (broad SMARTS) is 1. The van der Waals surface area contributed by atoms with Gasteiger partial charge in [0.25, 0.3) is 0 Å². The molecule has 10 nitrogen and oxygen atoms in total. The van der Waals surface area contributed by atoms with Gasteiger partial charge < -0.3 is 43.7 Å². The number of aliphatic hydroxyl groups is 2. The van der Waals surface area contributed by atoms with Gasteiger partial charge in [0.2, 0.25) is 6.29 Å². The molecule has 0 saturated heterocycles. The van der Waals surface area contributed by atoms with E-state index in [9.17, 15) is 9.90 Å². The molecule has 3 N–H and O–H groups in total. The molecule has 1 unspecified atom stereocenters. The molecule has 0 amide bonds. The number of ether oxygens (including phenoxy) is 6. The number of hydrogen-bond donors (Lipinski definition) is 3. The van der Waals surface area contributed by atoms with Crippen LogP contribution in [0.4, 0.5) is 0 Å². The maximum absolute atomic E-state index is 9.60. The molecule has 0 aliphatic carbocycles. The van der Waals surface area contributed by atoms with Crippen LogP contribution in [0.15, 0.2) is 42.5 Å². The molecule has 1 aromatic carbocycles. The Labute approximate surface area is 189 Å². The summed E-state index contributed by atoms with van der Waals surface area (Å²) in [7, 11) is 0. The van der Waals surface area contributed by atoms with Gasteiger partial charge in [0.15, 0.2) is 0 Å². The van der Waals surface area contributed by atoms with Gasteiger partial charge in [-0.3, -0.25) is 0 Å². The van der Waals surface area contributed by atoms with Crippen molar-refractivity contribution in [1.82, 2.24) is 0 Å². The van der Waals surface area contributed by atoms with E-state index in [1.54, 1.807) is 12.1 Å². The van der Waals surface area contributed by atoms with Crippen LogP contribution in [0.3, 0.4) is 0 Å². The Bertz CT molecular complexity index is 555. The van der Waals surface area contributed by atoms with Gasteiger partial charge in [-0.2, -0.15) is 0 Å². The van der Waals surface area contributed by atoms with Crippen LogP contribution in [-0.4, -0.2) is 100 Å². The van der Waals surface area contributed by atoms with Crippen molar-refractivity contribution >= 4 is 5.97 Å². The number of aliphatic carboxylic acids is 1. The Morgan fingerprint density at radius 2 is 1.28 bits per heavy atom. The third-order valence-electron chi connectivity index (χ3n) is 3.41. The molecule has 32 heavy (non-hydrogen) atoms. The molecule has 0 aromatic heterocycles. The second kappa shape index (κ2) is 22.2. The highest BCUT2D eigenvalue weighted by molar-refractivity contribution is 5.84. The molecule has 0 radical (unpaired) electrons. The van der Waals surface area contributed by atoms with Crippen molar-refractivity contribution in [3.05, 3.63) is 42.5 Å². The van der Waals surface area contributed by atoms with Crippen LogP contribution in [0.25, 0.3) is 0 Å². The van der Waals surface area contributed by atoms with Crippen LogP contribution in [0.1, 0.15) is 6.92 Å². The molecule has 184 valence electrons.